The predicted octanol–water partition coefficient (Wildman–Crippen LogP) is 2.98. The van der Waals surface area contributed by atoms with Gasteiger partial charge in [0, 0.05) is 13.3 Å². The molecule has 2 rings (SSSR count). The molecule has 6 heteroatoms. The fourth-order valence-corrected chi connectivity index (χ4v) is 2.10. The van der Waals surface area contributed by atoms with E-state index in [4.69, 9.17) is 9.26 Å². The lowest BCUT2D eigenvalue weighted by atomic mass is 10.1. The van der Waals surface area contributed by atoms with Crippen LogP contribution in [0.5, 0.6) is 5.75 Å². The first kappa shape index (κ1) is 17.0. The molecule has 0 aliphatic heterocycles. The summed E-state index contributed by atoms with van der Waals surface area (Å²) in [5.74, 6) is 1.81. The van der Waals surface area contributed by atoms with Gasteiger partial charge in [0.15, 0.2) is 5.82 Å². The van der Waals surface area contributed by atoms with Gasteiger partial charge < -0.3 is 14.6 Å². The summed E-state index contributed by atoms with van der Waals surface area (Å²) in [4.78, 5) is 16.1. The third-order valence-corrected chi connectivity index (χ3v) is 3.35. The molecule has 6 nitrogen and oxygen atoms in total. The molecule has 1 amide bonds. The molecule has 1 atom stereocenters. The molecule has 0 spiro atoms. The lowest BCUT2D eigenvalue weighted by molar-refractivity contribution is -0.121. The van der Waals surface area contributed by atoms with Gasteiger partial charge in [0.2, 0.25) is 11.8 Å². The minimum atomic E-state index is -0.259. The van der Waals surface area contributed by atoms with E-state index in [1.807, 2.05) is 31.2 Å². The van der Waals surface area contributed by atoms with Crippen LogP contribution in [-0.2, 0) is 11.2 Å². The van der Waals surface area contributed by atoms with Crippen LogP contribution in [0.2, 0.25) is 0 Å². The van der Waals surface area contributed by atoms with Crippen molar-refractivity contribution in [2.24, 2.45) is 0 Å². The highest BCUT2D eigenvalue weighted by molar-refractivity contribution is 5.76. The first-order chi connectivity index (χ1) is 11.1. The van der Waals surface area contributed by atoms with Gasteiger partial charge in [-0.3, -0.25) is 4.79 Å². The molecule has 0 aliphatic rings. The molecule has 1 aromatic heterocycles. The average molecular weight is 317 g/mol. The molecule has 0 saturated carbocycles. The Labute approximate surface area is 136 Å². The van der Waals surface area contributed by atoms with E-state index in [0.717, 1.165) is 24.3 Å². The number of amides is 1. The van der Waals surface area contributed by atoms with E-state index in [1.54, 1.807) is 6.92 Å². The normalized spacial score (nSPS) is 12.0. The topological polar surface area (TPSA) is 77.2 Å². The van der Waals surface area contributed by atoms with Gasteiger partial charge in [0.25, 0.3) is 0 Å². The van der Waals surface area contributed by atoms with Crippen LogP contribution in [0.15, 0.2) is 28.8 Å². The summed E-state index contributed by atoms with van der Waals surface area (Å²) in [5, 5.41) is 6.68. The lowest BCUT2D eigenvalue weighted by Gasteiger charge is -2.10. The molecule has 23 heavy (non-hydrogen) atoms. The monoisotopic (exact) mass is 317 g/mol. The zero-order chi connectivity index (χ0) is 16.7. The van der Waals surface area contributed by atoms with Crippen LogP contribution in [0.25, 0.3) is 0 Å². The number of ether oxygens (including phenoxy) is 1. The minimum absolute atomic E-state index is 0.0359. The van der Waals surface area contributed by atoms with Crippen LogP contribution in [0.4, 0.5) is 0 Å². The summed E-state index contributed by atoms with van der Waals surface area (Å²) in [5.41, 5.74) is 1.10. The summed E-state index contributed by atoms with van der Waals surface area (Å²) in [7, 11) is 0. The van der Waals surface area contributed by atoms with Gasteiger partial charge in [-0.2, -0.15) is 4.98 Å². The Hall–Kier alpha value is -2.37. The van der Waals surface area contributed by atoms with Crippen LogP contribution >= 0.6 is 0 Å². The predicted molar refractivity (Wildman–Crippen MR) is 86.1 cm³/mol. The number of rotatable bonds is 8. The van der Waals surface area contributed by atoms with Crippen molar-refractivity contribution in [1.82, 2.24) is 15.5 Å². The molecule has 124 valence electrons. The fourth-order valence-electron chi connectivity index (χ4n) is 2.10. The van der Waals surface area contributed by atoms with E-state index < -0.39 is 0 Å². The summed E-state index contributed by atoms with van der Waals surface area (Å²) < 4.78 is 10.4. The Balaban J connectivity index is 1.77. The number of aromatic nitrogens is 2. The smallest absolute Gasteiger partial charge is 0.223 e. The summed E-state index contributed by atoms with van der Waals surface area (Å²) >= 11 is 0. The number of hydrogen-bond donors (Lipinski definition) is 1. The molecule has 1 aromatic carbocycles. The molecule has 1 heterocycles. The fraction of sp³-hybridized carbons (Fsp3) is 0.471. The summed E-state index contributed by atoms with van der Waals surface area (Å²) in [6.45, 7) is 6.35. The zero-order valence-corrected chi connectivity index (χ0v) is 13.8. The first-order valence-corrected chi connectivity index (χ1v) is 7.89. The molecule has 0 saturated heterocycles. The number of nitrogens with one attached hydrogen (secondary N) is 1. The van der Waals surface area contributed by atoms with Crippen molar-refractivity contribution in [3.8, 4) is 5.75 Å². The quantitative estimate of drug-likeness (QED) is 0.810. The van der Waals surface area contributed by atoms with Gasteiger partial charge >= 0.3 is 0 Å². The minimum Gasteiger partial charge on any atom is -0.494 e. The molecule has 0 fully saturated rings. The molecule has 2 aromatic rings. The molecular weight excluding hydrogens is 294 g/mol. The number of carbonyl (C=O) groups is 1. The second kappa shape index (κ2) is 8.31. The molecule has 1 unspecified atom stereocenters. The van der Waals surface area contributed by atoms with Gasteiger partial charge in [-0.15, -0.1) is 0 Å². The number of carbonyl (C=O) groups excluding carboxylic acids is 1. The summed E-state index contributed by atoms with van der Waals surface area (Å²) in [6.07, 6.45) is 2.08. The Morgan fingerprint density at radius 1 is 1.35 bits per heavy atom. The highest BCUT2D eigenvalue weighted by Gasteiger charge is 2.14. The first-order valence-electron chi connectivity index (χ1n) is 7.89. The van der Waals surface area contributed by atoms with Gasteiger partial charge in [0.05, 0.1) is 12.6 Å². The average Bonchev–Trinajstić information content (AvgIpc) is 2.98. The lowest BCUT2D eigenvalue weighted by Crippen LogP contribution is -2.27. The molecule has 0 bridgehead atoms. The van der Waals surface area contributed by atoms with Crippen LogP contribution in [0.1, 0.15) is 50.0 Å². The highest BCUT2D eigenvalue weighted by atomic mass is 16.5. The second-order valence-corrected chi connectivity index (χ2v) is 5.45. The van der Waals surface area contributed by atoms with Crippen molar-refractivity contribution >= 4 is 5.91 Å². The van der Waals surface area contributed by atoms with Crippen LogP contribution < -0.4 is 10.1 Å². The van der Waals surface area contributed by atoms with Crippen molar-refractivity contribution in [3.63, 3.8) is 0 Å². The third kappa shape index (κ3) is 5.39. The van der Waals surface area contributed by atoms with Gasteiger partial charge in [-0.1, -0.05) is 24.2 Å². The Morgan fingerprint density at radius 3 is 2.70 bits per heavy atom. The van der Waals surface area contributed by atoms with E-state index in [1.165, 1.54) is 0 Å². The Morgan fingerprint density at radius 2 is 2.09 bits per heavy atom. The van der Waals surface area contributed by atoms with E-state index in [9.17, 15) is 4.79 Å². The number of benzene rings is 1. The van der Waals surface area contributed by atoms with Crippen LogP contribution in [-0.4, -0.2) is 22.7 Å². The molecular formula is C17H23N3O3. The van der Waals surface area contributed by atoms with E-state index in [-0.39, 0.29) is 11.9 Å². The SMILES string of the molecule is CCCOc1ccc(CCC(=O)NC(C)c2noc(C)n2)cc1. The van der Waals surface area contributed by atoms with Gasteiger partial charge in [-0.05, 0) is 37.5 Å². The van der Waals surface area contributed by atoms with Crippen molar-refractivity contribution in [3.05, 3.63) is 41.5 Å². The van der Waals surface area contributed by atoms with Gasteiger partial charge in [-0.25, -0.2) is 0 Å². The maximum atomic E-state index is 12.0. The van der Waals surface area contributed by atoms with Crippen LogP contribution in [0, 0.1) is 6.92 Å². The van der Waals surface area contributed by atoms with Crippen LogP contribution in [0.3, 0.4) is 0 Å². The Bertz CT molecular complexity index is 622. The highest BCUT2D eigenvalue weighted by Crippen LogP contribution is 2.14. The zero-order valence-electron chi connectivity index (χ0n) is 13.8. The van der Waals surface area contributed by atoms with Crippen molar-refractivity contribution in [2.45, 2.75) is 46.1 Å². The summed E-state index contributed by atoms with van der Waals surface area (Å²) in [6, 6.07) is 7.60. The number of aryl methyl sites for hydroxylation is 2. The van der Waals surface area contributed by atoms with E-state index in [0.29, 0.717) is 24.6 Å². The van der Waals surface area contributed by atoms with E-state index >= 15 is 0 Å². The number of nitrogens with zero attached hydrogens (tertiary/aromatic N) is 2. The van der Waals surface area contributed by atoms with E-state index in [2.05, 4.69) is 22.4 Å². The maximum absolute atomic E-state index is 12.0. The molecule has 0 radical (unpaired) electrons. The van der Waals surface area contributed by atoms with Crippen molar-refractivity contribution in [1.29, 1.82) is 0 Å². The largest absolute Gasteiger partial charge is 0.494 e. The van der Waals surface area contributed by atoms with Crippen molar-refractivity contribution < 1.29 is 14.1 Å². The standard InChI is InChI=1S/C17H23N3O3/c1-4-11-22-15-8-5-14(6-9-15)7-10-16(21)18-12(2)17-19-13(3)23-20-17/h5-6,8-9,12H,4,7,10-11H2,1-3H3,(H,18,21). The van der Waals surface area contributed by atoms with Crippen molar-refractivity contribution in [2.75, 3.05) is 6.61 Å². The molecule has 1 N–H and O–H groups in total. The third-order valence-electron chi connectivity index (χ3n) is 3.35. The maximum Gasteiger partial charge on any atom is 0.223 e. The van der Waals surface area contributed by atoms with Gasteiger partial charge in [0.1, 0.15) is 5.75 Å². The Kier molecular flexibility index (Phi) is 6.14. The second-order valence-electron chi connectivity index (χ2n) is 5.45. The molecule has 0 aliphatic carbocycles. The number of hydrogen-bond acceptors (Lipinski definition) is 5.